The third kappa shape index (κ3) is 29.5. The fourth-order valence-electron chi connectivity index (χ4n) is 5.70. The summed E-state index contributed by atoms with van der Waals surface area (Å²) < 4.78 is -1.16. The van der Waals surface area contributed by atoms with Crippen LogP contribution in [0.5, 0.6) is 0 Å². The lowest BCUT2D eigenvalue weighted by Gasteiger charge is -2.18. The van der Waals surface area contributed by atoms with Crippen LogP contribution in [-0.2, 0) is 4.79 Å². The Morgan fingerprint density at radius 2 is 0.615 bits per heavy atom. The minimum absolute atomic E-state index is 0.0471. The van der Waals surface area contributed by atoms with E-state index in [0.717, 1.165) is 25.7 Å². The summed E-state index contributed by atoms with van der Waals surface area (Å²) in [7, 11) is 0. The fraction of sp³-hybridized carbons (Fsp3) is 0.972. The number of alkyl halides is 2. The van der Waals surface area contributed by atoms with E-state index in [4.69, 9.17) is 23.2 Å². The molecule has 0 rings (SSSR count). The molecular formula is C36H70Cl2O. The van der Waals surface area contributed by atoms with Crippen molar-refractivity contribution in [2.24, 2.45) is 0 Å². The molecule has 3 heteroatoms. The number of unbranched alkanes of at least 4 members (excludes halogenated alkanes) is 28. The minimum atomic E-state index is -1.16. The Labute approximate surface area is 256 Å². The molecule has 0 unspecified atom stereocenters. The molecule has 0 aliphatic carbocycles. The van der Waals surface area contributed by atoms with E-state index in [2.05, 4.69) is 13.8 Å². The standard InChI is InChI=1S/C36H70Cl2O/c1-3-5-7-9-11-13-15-17-19-21-23-25-27-29-31-33-35(39)36(37,38)34-32-30-28-26-24-22-20-18-16-14-12-10-8-6-4-2/h3-34H2,1-2H3. The molecule has 0 aromatic carbocycles. The molecule has 0 aliphatic rings. The van der Waals surface area contributed by atoms with Gasteiger partial charge in [0.2, 0.25) is 0 Å². The number of rotatable bonds is 33. The van der Waals surface area contributed by atoms with Crippen LogP contribution < -0.4 is 0 Å². The largest absolute Gasteiger partial charge is 0.296 e. The van der Waals surface area contributed by atoms with E-state index >= 15 is 0 Å². The summed E-state index contributed by atoms with van der Waals surface area (Å²) in [6.45, 7) is 4.57. The van der Waals surface area contributed by atoms with Crippen molar-refractivity contribution >= 4 is 29.0 Å². The molecule has 0 fully saturated rings. The van der Waals surface area contributed by atoms with Crippen LogP contribution in [0.25, 0.3) is 0 Å². The van der Waals surface area contributed by atoms with Crippen LogP contribution in [0.4, 0.5) is 0 Å². The van der Waals surface area contributed by atoms with E-state index in [9.17, 15) is 4.79 Å². The summed E-state index contributed by atoms with van der Waals surface area (Å²) in [6, 6.07) is 0. The van der Waals surface area contributed by atoms with E-state index < -0.39 is 4.33 Å². The number of hydrogen-bond donors (Lipinski definition) is 0. The fourth-order valence-corrected chi connectivity index (χ4v) is 6.15. The van der Waals surface area contributed by atoms with Gasteiger partial charge in [0, 0.05) is 6.42 Å². The zero-order valence-corrected chi connectivity index (χ0v) is 28.3. The molecule has 0 saturated carbocycles. The van der Waals surface area contributed by atoms with Gasteiger partial charge in [0.25, 0.3) is 0 Å². The normalized spacial score (nSPS) is 11.9. The highest BCUT2D eigenvalue weighted by atomic mass is 35.5. The van der Waals surface area contributed by atoms with Gasteiger partial charge in [-0.05, 0) is 19.3 Å². The average Bonchev–Trinajstić information content (AvgIpc) is 2.92. The molecular weight excluding hydrogens is 519 g/mol. The maximum absolute atomic E-state index is 12.5. The van der Waals surface area contributed by atoms with Gasteiger partial charge in [-0.3, -0.25) is 4.79 Å². The van der Waals surface area contributed by atoms with Gasteiger partial charge in [-0.15, -0.1) is 0 Å². The van der Waals surface area contributed by atoms with Crippen LogP contribution in [0.2, 0.25) is 0 Å². The van der Waals surface area contributed by atoms with Gasteiger partial charge in [-0.1, -0.05) is 217 Å². The van der Waals surface area contributed by atoms with Crippen molar-refractivity contribution in [3.63, 3.8) is 0 Å². The van der Waals surface area contributed by atoms with Crippen LogP contribution in [0.1, 0.15) is 219 Å². The molecule has 1 nitrogen and oxygen atoms in total. The topological polar surface area (TPSA) is 17.1 Å². The zero-order chi connectivity index (χ0) is 28.7. The monoisotopic (exact) mass is 588 g/mol. The maximum atomic E-state index is 12.5. The predicted molar refractivity (Wildman–Crippen MR) is 179 cm³/mol. The second-order valence-corrected chi connectivity index (χ2v) is 14.0. The van der Waals surface area contributed by atoms with Crippen LogP contribution in [0, 0.1) is 0 Å². The average molecular weight is 590 g/mol. The van der Waals surface area contributed by atoms with Gasteiger partial charge in [0.1, 0.15) is 0 Å². The molecule has 0 N–H and O–H groups in total. The Morgan fingerprint density at radius 3 is 0.897 bits per heavy atom. The van der Waals surface area contributed by atoms with Crippen molar-refractivity contribution in [2.45, 2.75) is 224 Å². The van der Waals surface area contributed by atoms with Crippen LogP contribution in [-0.4, -0.2) is 10.1 Å². The van der Waals surface area contributed by atoms with Gasteiger partial charge in [0.15, 0.2) is 10.1 Å². The zero-order valence-electron chi connectivity index (χ0n) is 26.8. The molecule has 0 aliphatic heterocycles. The molecule has 0 spiro atoms. The number of carbonyl (C=O) groups excluding carboxylic acids is 1. The molecule has 0 radical (unpaired) electrons. The van der Waals surface area contributed by atoms with E-state index in [1.165, 1.54) is 167 Å². The Bertz CT molecular complexity index is 490. The van der Waals surface area contributed by atoms with Crippen molar-refractivity contribution in [1.29, 1.82) is 0 Å². The van der Waals surface area contributed by atoms with E-state index in [-0.39, 0.29) is 5.78 Å². The molecule has 0 aromatic heterocycles. The molecule has 0 saturated heterocycles. The Morgan fingerprint density at radius 1 is 0.385 bits per heavy atom. The van der Waals surface area contributed by atoms with Crippen molar-refractivity contribution in [2.75, 3.05) is 0 Å². The highest BCUT2D eigenvalue weighted by Gasteiger charge is 2.31. The third-order valence-corrected chi connectivity index (χ3v) is 9.31. The first-order chi connectivity index (χ1) is 19.0. The third-order valence-electron chi connectivity index (χ3n) is 8.51. The van der Waals surface area contributed by atoms with Gasteiger partial charge in [0.05, 0.1) is 0 Å². The van der Waals surface area contributed by atoms with E-state index in [1.807, 2.05) is 0 Å². The lowest BCUT2D eigenvalue weighted by Crippen LogP contribution is -2.25. The lowest BCUT2D eigenvalue weighted by molar-refractivity contribution is -0.120. The summed E-state index contributed by atoms with van der Waals surface area (Å²) in [6.07, 6.45) is 41.3. The molecule has 0 bridgehead atoms. The Kier molecular flexibility index (Phi) is 31.4. The quantitative estimate of drug-likeness (QED) is 0.0550. The number of ketones is 1. The lowest BCUT2D eigenvalue weighted by atomic mass is 10.0. The Hall–Kier alpha value is 0.250. The molecule has 0 amide bonds. The van der Waals surface area contributed by atoms with Crippen molar-refractivity contribution in [1.82, 2.24) is 0 Å². The molecule has 0 atom stereocenters. The summed E-state index contributed by atoms with van der Waals surface area (Å²) in [5.41, 5.74) is 0. The maximum Gasteiger partial charge on any atom is 0.175 e. The number of hydrogen-bond acceptors (Lipinski definition) is 1. The van der Waals surface area contributed by atoms with Gasteiger partial charge >= 0.3 is 0 Å². The van der Waals surface area contributed by atoms with Gasteiger partial charge < -0.3 is 0 Å². The second-order valence-electron chi connectivity index (χ2n) is 12.5. The number of halogens is 2. The predicted octanol–water partition coefficient (Wildman–Crippen LogP) is 14.3. The molecule has 234 valence electrons. The first-order valence-electron chi connectivity index (χ1n) is 18.0. The summed E-state index contributed by atoms with van der Waals surface area (Å²) >= 11 is 12.9. The SMILES string of the molecule is CCCCCCCCCCCCCCCCCC(=O)C(Cl)(Cl)CCCCCCCCCCCCCCCCC. The number of carbonyl (C=O) groups is 1. The summed E-state index contributed by atoms with van der Waals surface area (Å²) in [5, 5.41) is 0. The minimum Gasteiger partial charge on any atom is -0.296 e. The summed E-state index contributed by atoms with van der Waals surface area (Å²) in [4.78, 5) is 12.5. The van der Waals surface area contributed by atoms with E-state index in [1.54, 1.807) is 0 Å². The first-order valence-corrected chi connectivity index (χ1v) is 18.7. The highest BCUT2D eigenvalue weighted by Crippen LogP contribution is 2.31. The summed E-state index contributed by atoms with van der Waals surface area (Å²) in [5.74, 6) is 0.0471. The Balaban J connectivity index is 3.41. The second kappa shape index (κ2) is 31.2. The molecule has 0 heterocycles. The highest BCUT2D eigenvalue weighted by molar-refractivity contribution is 6.58. The van der Waals surface area contributed by atoms with Gasteiger partial charge in [-0.25, -0.2) is 0 Å². The molecule has 0 aromatic rings. The van der Waals surface area contributed by atoms with Crippen LogP contribution >= 0.6 is 23.2 Å². The first kappa shape index (κ1) is 39.2. The van der Waals surface area contributed by atoms with E-state index in [0.29, 0.717) is 12.8 Å². The van der Waals surface area contributed by atoms with Crippen molar-refractivity contribution < 1.29 is 4.79 Å². The van der Waals surface area contributed by atoms with Crippen LogP contribution in [0.15, 0.2) is 0 Å². The van der Waals surface area contributed by atoms with Crippen molar-refractivity contribution in [3.05, 3.63) is 0 Å². The molecule has 39 heavy (non-hydrogen) atoms. The number of Topliss-reactive ketones (excluding diaryl/α,β-unsaturated/α-hetero) is 1. The smallest absolute Gasteiger partial charge is 0.175 e. The van der Waals surface area contributed by atoms with Crippen LogP contribution in [0.3, 0.4) is 0 Å². The van der Waals surface area contributed by atoms with Crippen molar-refractivity contribution in [3.8, 4) is 0 Å². The van der Waals surface area contributed by atoms with Gasteiger partial charge in [-0.2, -0.15) is 0 Å².